The lowest BCUT2D eigenvalue weighted by Gasteiger charge is -2.08. The molecule has 0 unspecified atom stereocenters. The summed E-state index contributed by atoms with van der Waals surface area (Å²) in [7, 11) is 0. The van der Waals surface area contributed by atoms with Crippen molar-refractivity contribution in [3.63, 3.8) is 0 Å². The quantitative estimate of drug-likeness (QED) is 0.447. The molecule has 0 saturated heterocycles. The number of esters is 1. The molecule has 22 heavy (non-hydrogen) atoms. The lowest BCUT2D eigenvalue weighted by molar-refractivity contribution is -0.152. The first-order valence-electron chi connectivity index (χ1n) is 7.08. The summed E-state index contributed by atoms with van der Waals surface area (Å²) in [5.41, 5.74) is 0.571. The molecule has 0 fully saturated rings. The van der Waals surface area contributed by atoms with Crippen LogP contribution in [-0.2, 0) is 14.3 Å². The molecule has 0 aliphatic heterocycles. The normalized spacial score (nSPS) is 10.6. The number of amides is 1. The Balaban J connectivity index is 2.00. The van der Waals surface area contributed by atoms with Crippen molar-refractivity contribution in [3.8, 4) is 0 Å². The van der Waals surface area contributed by atoms with Crippen LogP contribution in [0.3, 0.4) is 0 Å². The number of fused-ring (bicyclic) bond motifs is 3. The molecule has 0 aliphatic rings. The summed E-state index contributed by atoms with van der Waals surface area (Å²) in [4.78, 5) is 23.1. The number of anilines is 1. The van der Waals surface area contributed by atoms with Gasteiger partial charge in [0.15, 0.2) is 0 Å². The summed E-state index contributed by atoms with van der Waals surface area (Å²) in [5.74, 6) is -1.64. The number of hydrogen-bond donors (Lipinski definition) is 1. The van der Waals surface area contributed by atoms with Crippen LogP contribution in [0, 0.1) is 0 Å². The van der Waals surface area contributed by atoms with E-state index in [9.17, 15) is 9.59 Å². The van der Waals surface area contributed by atoms with E-state index in [1.165, 1.54) is 0 Å². The molecule has 1 N–H and O–H groups in total. The van der Waals surface area contributed by atoms with Crippen molar-refractivity contribution in [1.29, 1.82) is 0 Å². The third kappa shape index (κ3) is 2.63. The lowest BCUT2D eigenvalue weighted by Crippen LogP contribution is -2.24. The largest absolute Gasteiger partial charge is 0.459 e. The van der Waals surface area contributed by atoms with Gasteiger partial charge in [-0.1, -0.05) is 42.5 Å². The van der Waals surface area contributed by atoms with Gasteiger partial charge in [-0.3, -0.25) is 4.79 Å². The van der Waals surface area contributed by atoms with Crippen LogP contribution < -0.4 is 5.32 Å². The molecule has 0 heterocycles. The zero-order valence-electron chi connectivity index (χ0n) is 12.1. The lowest BCUT2D eigenvalue weighted by atomic mass is 10.0. The predicted molar refractivity (Wildman–Crippen MR) is 86.7 cm³/mol. The zero-order valence-corrected chi connectivity index (χ0v) is 12.1. The summed E-state index contributed by atoms with van der Waals surface area (Å²) in [6.45, 7) is 1.84. The molecule has 1 amide bonds. The molecular formula is C18H15NO3. The van der Waals surface area contributed by atoms with E-state index in [0.717, 1.165) is 21.5 Å². The molecule has 0 spiro atoms. The van der Waals surface area contributed by atoms with E-state index in [4.69, 9.17) is 0 Å². The summed E-state index contributed by atoms with van der Waals surface area (Å²) in [5, 5.41) is 6.91. The third-order valence-electron chi connectivity index (χ3n) is 3.47. The molecule has 0 aromatic heterocycles. The number of ether oxygens (including phenoxy) is 1. The summed E-state index contributed by atoms with van der Waals surface area (Å²) >= 11 is 0. The van der Waals surface area contributed by atoms with Crippen LogP contribution in [0.15, 0.2) is 54.6 Å². The van der Waals surface area contributed by atoms with Gasteiger partial charge in [0.25, 0.3) is 0 Å². The first-order valence-corrected chi connectivity index (χ1v) is 7.08. The van der Waals surface area contributed by atoms with Crippen molar-refractivity contribution < 1.29 is 14.3 Å². The number of carbonyl (C=O) groups excluding carboxylic acids is 2. The first-order chi connectivity index (χ1) is 10.7. The van der Waals surface area contributed by atoms with Gasteiger partial charge in [-0.15, -0.1) is 0 Å². The van der Waals surface area contributed by atoms with Crippen LogP contribution in [-0.4, -0.2) is 18.5 Å². The van der Waals surface area contributed by atoms with Crippen molar-refractivity contribution in [3.05, 3.63) is 54.6 Å². The number of hydrogen-bond acceptors (Lipinski definition) is 3. The molecule has 0 saturated carbocycles. The van der Waals surface area contributed by atoms with E-state index < -0.39 is 11.9 Å². The molecule has 3 rings (SSSR count). The van der Waals surface area contributed by atoms with Gasteiger partial charge >= 0.3 is 11.9 Å². The van der Waals surface area contributed by atoms with E-state index >= 15 is 0 Å². The molecule has 0 aliphatic carbocycles. The van der Waals surface area contributed by atoms with Crippen LogP contribution in [0.4, 0.5) is 5.69 Å². The van der Waals surface area contributed by atoms with Gasteiger partial charge in [-0.25, -0.2) is 4.79 Å². The molecule has 110 valence electrons. The minimum absolute atomic E-state index is 0.175. The Morgan fingerprint density at radius 3 is 2.41 bits per heavy atom. The molecule has 3 aromatic rings. The van der Waals surface area contributed by atoms with E-state index in [-0.39, 0.29) is 6.61 Å². The smallest absolute Gasteiger partial charge is 0.397 e. The van der Waals surface area contributed by atoms with Crippen molar-refractivity contribution in [1.82, 2.24) is 0 Å². The highest BCUT2D eigenvalue weighted by Crippen LogP contribution is 2.27. The highest BCUT2D eigenvalue weighted by Gasteiger charge is 2.14. The second-order valence-corrected chi connectivity index (χ2v) is 4.90. The van der Waals surface area contributed by atoms with Crippen molar-refractivity contribution in [2.24, 2.45) is 0 Å². The SMILES string of the molecule is CCOC(=O)C(=O)Nc1ccc2ccc3ccccc3c2c1. The van der Waals surface area contributed by atoms with Gasteiger partial charge in [0.05, 0.1) is 6.61 Å². The van der Waals surface area contributed by atoms with Gasteiger partial charge in [-0.2, -0.15) is 0 Å². The summed E-state index contributed by atoms with van der Waals surface area (Å²) < 4.78 is 4.68. The Morgan fingerprint density at radius 1 is 0.955 bits per heavy atom. The van der Waals surface area contributed by atoms with Gasteiger partial charge in [0.2, 0.25) is 0 Å². The Bertz CT molecular complexity index is 870. The Labute approximate surface area is 127 Å². The number of benzene rings is 3. The highest BCUT2D eigenvalue weighted by atomic mass is 16.5. The van der Waals surface area contributed by atoms with Crippen LogP contribution in [0.2, 0.25) is 0 Å². The first kappa shape index (κ1) is 14.1. The van der Waals surface area contributed by atoms with Crippen molar-refractivity contribution >= 4 is 39.1 Å². The molecule has 4 heteroatoms. The topological polar surface area (TPSA) is 55.4 Å². The van der Waals surface area contributed by atoms with Gasteiger partial charge < -0.3 is 10.1 Å². The maximum Gasteiger partial charge on any atom is 0.397 e. The number of rotatable bonds is 2. The minimum Gasteiger partial charge on any atom is -0.459 e. The van der Waals surface area contributed by atoms with Crippen LogP contribution in [0.1, 0.15) is 6.92 Å². The monoisotopic (exact) mass is 293 g/mol. The van der Waals surface area contributed by atoms with Crippen LogP contribution in [0.5, 0.6) is 0 Å². The molecular weight excluding hydrogens is 278 g/mol. The van der Waals surface area contributed by atoms with Gasteiger partial charge in [-0.05, 0) is 40.6 Å². The van der Waals surface area contributed by atoms with Crippen molar-refractivity contribution in [2.45, 2.75) is 6.92 Å². The van der Waals surface area contributed by atoms with E-state index in [2.05, 4.69) is 16.1 Å². The van der Waals surface area contributed by atoms with Crippen molar-refractivity contribution in [2.75, 3.05) is 11.9 Å². The third-order valence-corrected chi connectivity index (χ3v) is 3.47. The molecule has 0 radical (unpaired) electrons. The maximum atomic E-state index is 11.7. The Hall–Kier alpha value is -2.88. The Morgan fingerprint density at radius 2 is 1.64 bits per heavy atom. The van der Waals surface area contributed by atoms with Crippen LogP contribution in [0.25, 0.3) is 21.5 Å². The Kier molecular flexibility index (Phi) is 3.74. The molecule has 0 bridgehead atoms. The number of carbonyl (C=O) groups is 2. The maximum absolute atomic E-state index is 11.7. The standard InChI is InChI=1S/C18H15NO3/c1-2-22-18(21)17(20)19-14-10-9-13-8-7-12-5-3-4-6-15(12)16(13)11-14/h3-11H,2H2,1H3,(H,19,20). The molecule has 0 atom stereocenters. The molecule has 3 aromatic carbocycles. The fourth-order valence-corrected chi connectivity index (χ4v) is 2.46. The van der Waals surface area contributed by atoms with Crippen LogP contribution >= 0.6 is 0 Å². The second-order valence-electron chi connectivity index (χ2n) is 4.90. The predicted octanol–water partition coefficient (Wildman–Crippen LogP) is 3.49. The zero-order chi connectivity index (χ0) is 15.5. The molecule has 4 nitrogen and oxygen atoms in total. The highest BCUT2D eigenvalue weighted by molar-refractivity contribution is 6.37. The van der Waals surface area contributed by atoms with E-state index in [0.29, 0.717) is 5.69 Å². The second kappa shape index (κ2) is 5.85. The van der Waals surface area contributed by atoms with Gasteiger partial charge in [0.1, 0.15) is 0 Å². The fraction of sp³-hybridized carbons (Fsp3) is 0.111. The summed E-state index contributed by atoms with van der Waals surface area (Å²) in [6.07, 6.45) is 0. The van der Waals surface area contributed by atoms with E-state index in [1.807, 2.05) is 42.5 Å². The minimum atomic E-state index is -0.875. The number of nitrogens with one attached hydrogen (secondary N) is 1. The average molecular weight is 293 g/mol. The average Bonchev–Trinajstić information content (AvgIpc) is 2.55. The van der Waals surface area contributed by atoms with E-state index in [1.54, 1.807) is 13.0 Å². The fourth-order valence-electron chi connectivity index (χ4n) is 2.46. The summed E-state index contributed by atoms with van der Waals surface area (Å²) in [6, 6.07) is 17.7. The van der Waals surface area contributed by atoms with Gasteiger partial charge in [0, 0.05) is 5.69 Å².